The Morgan fingerprint density at radius 2 is 0.556 bits per heavy atom. The summed E-state index contributed by atoms with van der Waals surface area (Å²) in [5.41, 5.74) is 7.45. The summed E-state index contributed by atoms with van der Waals surface area (Å²) in [5.74, 6) is -2.94. The van der Waals surface area contributed by atoms with Gasteiger partial charge in [-0.05, 0) is 214 Å². The van der Waals surface area contributed by atoms with E-state index in [1.807, 2.05) is 32.9 Å². The van der Waals surface area contributed by atoms with Gasteiger partial charge in [-0.1, -0.05) is 102 Å². The maximum Gasteiger partial charge on any atom is 0.258 e. The molecule has 12 aromatic rings. The van der Waals surface area contributed by atoms with E-state index in [1.165, 1.54) is 40.3 Å². The van der Waals surface area contributed by atoms with Gasteiger partial charge in [0.15, 0.2) is 0 Å². The van der Waals surface area contributed by atoms with Gasteiger partial charge in [0, 0.05) is 128 Å². The Balaban J connectivity index is 0.000000207. The number of halogens is 6. The minimum absolute atomic E-state index is 0. The maximum atomic E-state index is 14.6. The van der Waals surface area contributed by atoms with Crippen molar-refractivity contribution in [2.24, 2.45) is 0 Å². The van der Waals surface area contributed by atoms with E-state index in [0.29, 0.717) is 95.8 Å². The minimum Gasteiger partial charge on any atom is -0.363 e. The van der Waals surface area contributed by atoms with Crippen molar-refractivity contribution >= 4 is 176 Å². The van der Waals surface area contributed by atoms with Crippen molar-refractivity contribution in [1.82, 2.24) is 39.5 Å². The first-order valence-electron chi connectivity index (χ1n) is 37.6. The number of anilines is 8. The number of amidine groups is 4. The molecule has 12 rings (SSSR count). The van der Waals surface area contributed by atoms with E-state index < -0.39 is 41.2 Å². The zero-order valence-corrected chi connectivity index (χ0v) is 74.6. The average Bonchev–Trinajstić information content (AvgIpc) is 0.829. The predicted octanol–water partition coefficient (Wildman–Crippen LogP) is 18.7. The third kappa shape index (κ3) is 27.3. The molecule has 4 heterocycles. The van der Waals surface area contributed by atoms with Crippen molar-refractivity contribution in [2.45, 2.75) is 28.2 Å². The normalized spacial score (nSPS) is 10.3. The number of benzene rings is 8. The van der Waals surface area contributed by atoms with Crippen LogP contribution in [0.1, 0.15) is 129 Å². The smallest absolute Gasteiger partial charge is 0.258 e. The van der Waals surface area contributed by atoms with Crippen LogP contribution in [-0.4, -0.2) is 167 Å². The van der Waals surface area contributed by atoms with Crippen LogP contribution in [0, 0.1) is 54.0 Å². The first-order chi connectivity index (χ1) is 59.4. The highest BCUT2D eigenvalue weighted by atomic mass is 79.9. The molecule has 0 fully saturated rings. The van der Waals surface area contributed by atoms with Gasteiger partial charge in [-0.15, -0.1) is 0 Å². The summed E-state index contributed by atoms with van der Waals surface area (Å²) in [5, 5.41) is 54.0. The summed E-state index contributed by atoms with van der Waals surface area (Å²) in [4.78, 5) is 125. The van der Waals surface area contributed by atoms with Crippen molar-refractivity contribution in [3.63, 3.8) is 0 Å². The van der Waals surface area contributed by atoms with Crippen LogP contribution in [-0.2, 0) is 0 Å². The average molecular weight is 1920 g/mol. The minimum atomic E-state index is -0.761. The summed E-state index contributed by atoms with van der Waals surface area (Å²) in [6, 6.07) is 56.6. The lowest BCUT2D eigenvalue weighted by molar-refractivity contribution is 0.100. The van der Waals surface area contributed by atoms with Gasteiger partial charge in [0.05, 0.1) is 61.2 Å². The number of hydrogen-bond donors (Lipinski definition) is 12. The van der Waals surface area contributed by atoms with Gasteiger partial charge < -0.3 is 62.1 Å². The molecule has 0 saturated heterocycles. The number of carbonyl (C=O) groups is 8. The molecule has 0 atom stereocenters. The van der Waals surface area contributed by atoms with E-state index in [0.717, 1.165) is 42.2 Å². The summed E-state index contributed by atoms with van der Waals surface area (Å²) < 4.78 is 31.5. The quantitative estimate of drug-likeness (QED) is 0.0249. The molecule has 646 valence electrons. The zero-order chi connectivity index (χ0) is 91.0. The number of amides is 8. The van der Waals surface area contributed by atoms with E-state index >= 15 is 0 Å². The second-order valence-corrected chi connectivity index (χ2v) is 31.5. The fourth-order valence-electron chi connectivity index (χ4n) is 11.2. The highest BCUT2D eigenvalue weighted by molar-refractivity contribution is 9.11. The Hall–Kier alpha value is -14.4. The number of rotatable bonds is 20. The number of hydrogen-bond acceptors (Lipinski definition) is 16. The Kier molecular flexibility index (Phi) is 34.7. The number of aromatic nitrogens is 4. The van der Waals surface area contributed by atoms with Gasteiger partial charge in [-0.2, -0.15) is 0 Å². The number of pyridine rings is 4. The number of nitrogens with one attached hydrogen (secondary N) is 12. The third-order valence-corrected chi connectivity index (χ3v) is 19.5. The van der Waals surface area contributed by atoms with Crippen LogP contribution >= 0.6 is 59.4 Å². The van der Waals surface area contributed by atoms with E-state index in [1.54, 1.807) is 249 Å². The Bertz CT molecular complexity index is 5890. The highest BCUT2D eigenvalue weighted by Crippen LogP contribution is 2.28. The van der Waals surface area contributed by atoms with Crippen LogP contribution in [0.15, 0.2) is 251 Å². The summed E-state index contributed by atoms with van der Waals surface area (Å²) in [7, 11) is 13.8. The molecule has 8 amide bonds. The molecule has 126 heavy (non-hydrogen) atoms. The van der Waals surface area contributed by atoms with Crippen molar-refractivity contribution < 1.29 is 47.1 Å². The van der Waals surface area contributed by atoms with E-state index in [4.69, 9.17) is 33.2 Å². The zero-order valence-electron chi connectivity index (χ0n) is 69.1. The molecule has 0 spiro atoms. The third-order valence-electron chi connectivity index (χ3n) is 17.9. The van der Waals surface area contributed by atoms with Crippen molar-refractivity contribution in [3.05, 3.63) is 351 Å². The van der Waals surface area contributed by atoms with Crippen LogP contribution in [0.25, 0.3) is 0 Å². The maximum absolute atomic E-state index is 14.6. The van der Waals surface area contributed by atoms with Gasteiger partial charge in [0.25, 0.3) is 47.3 Å². The molecule has 0 aliphatic heterocycles. The lowest BCUT2D eigenvalue weighted by Crippen LogP contribution is -2.23. The van der Waals surface area contributed by atoms with E-state index in [-0.39, 0.29) is 70.4 Å². The van der Waals surface area contributed by atoms with E-state index in [2.05, 4.69) is 110 Å². The molecule has 4 aromatic heterocycles. The number of carbonyl (C=O) groups excluding carboxylic acids is 8. The molecule has 0 saturated carbocycles. The van der Waals surface area contributed by atoms with Crippen molar-refractivity contribution in [3.8, 4) is 0 Å². The Morgan fingerprint density at radius 1 is 0.294 bits per heavy atom. The molecule has 28 nitrogen and oxygen atoms in total. The molecule has 0 unspecified atom stereocenters. The van der Waals surface area contributed by atoms with Crippen LogP contribution in [0.3, 0.4) is 0 Å². The lowest BCUT2D eigenvalue weighted by atomic mass is 10.1. The second-order valence-electron chi connectivity index (χ2n) is 28.3. The summed E-state index contributed by atoms with van der Waals surface area (Å²) in [6.45, 7) is 5.55. The van der Waals surface area contributed by atoms with Gasteiger partial charge in [-0.3, -0.25) is 60.0 Å². The second kappa shape index (κ2) is 45.1. The highest BCUT2D eigenvalue weighted by Gasteiger charge is 2.24. The topological polar surface area (TPSA) is 393 Å². The Morgan fingerprint density at radius 3 is 0.849 bits per heavy atom. The molecule has 34 heteroatoms. The fourth-order valence-corrected chi connectivity index (χ4v) is 12.1. The van der Waals surface area contributed by atoms with Crippen LogP contribution < -0.4 is 42.5 Å². The standard InChI is InChI=1S/C23H21BrFN5O2.C23H22BrN5O2.C23H22ClN5O2.C22H19BrFN5O2.CH4/c1-13-4-8-19(17(10-13)23(32)29-20-9-6-15(24)12-27-20)28-22(31)16-7-5-14(11-18(16)25)21(26)30(2)3;2*1-14-4-10-19(18(12-14)23(31)28-20-11-9-17(24)13-26-20)27-22(30)16-7-5-15(6-8-16)21(25)29(2)3;1-29(2)20(25)13-7-9-15(17(24)11-13)21(30)27-18-6-4-3-5-16(18)22(31)28-19-10-8-14(23)12-26-19;/h4-12,26H,1-3H3,(H,28,31)(H,27,29,32);2*4-13,25H,1-3H3,(H,27,30)(H,26,28,31);3-12,25H,1-2H3,(H,27,30)(H,26,28,31);1H4. The SMILES string of the molecule is C.CN(C)C(=N)c1ccc(C(=O)Nc2ccccc2C(=O)Nc2ccc(Br)cn2)c(F)c1.Cc1ccc(NC(=O)c2ccc(C(=N)N(C)C)cc2)c(C(=O)Nc2ccc(Br)cn2)c1.Cc1ccc(NC(=O)c2ccc(C(=N)N(C)C)cc2)c(C(=O)Nc2ccc(Cl)cn2)c1.Cc1ccc(NC(=O)c2ccc(C(=N)N(C)C)cc2F)c(C(=O)Nc2ccc(Br)cn2)c1. The molecular weight excluding hydrogens is 1830 g/mol. The first kappa shape index (κ1) is 97.0. The lowest BCUT2D eigenvalue weighted by Gasteiger charge is -2.15. The molecule has 0 aliphatic rings. The fraction of sp³-hybridized carbons (Fsp3) is 0.130. The van der Waals surface area contributed by atoms with Gasteiger partial charge in [0.2, 0.25) is 0 Å². The van der Waals surface area contributed by atoms with Crippen molar-refractivity contribution in [1.29, 1.82) is 21.6 Å². The van der Waals surface area contributed by atoms with Crippen LogP contribution in [0.2, 0.25) is 5.02 Å². The molecular formula is C92H88Br3ClF2N20O8. The largest absolute Gasteiger partial charge is 0.363 e. The van der Waals surface area contributed by atoms with Crippen LogP contribution in [0.4, 0.5) is 54.8 Å². The van der Waals surface area contributed by atoms with Gasteiger partial charge in [0.1, 0.15) is 58.2 Å². The van der Waals surface area contributed by atoms with Gasteiger partial charge >= 0.3 is 0 Å². The monoisotopic (exact) mass is 1910 g/mol. The molecule has 12 N–H and O–H groups in total. The number of nitrogens with zero attached hydrogens (tertiary/aromatic N) is 8. The summed E-state index contributed by atoms with van der Waals surface area (Å²) in [6.07, 6.45) is 6.13. The molecule has 8 aromatic carbocycles. The molecule has 0 aliphatic carbocycles. The number of aryl methyl sites for hydroxylation is 3. The van der Waals surface area contributed by atoms with Gasteiger partial charge in [-0.25, -0.2) is 28.7 Å². The Labute approximate surface area is 756 Å². The summed E-state index contributed by atoms with van der Waals surface area (Å²) >= 11 is 15.7. The van der Waals surface area contributed by atoms with Crippen LogP contribution in [0.5, 0.6) is 0 Å². The number of para-hydroxylation sites is 1. The first-order valence-corrected chi connectivity index (χ1v) is 40.4. The molecule has 0 radical (unpaired) electrons. The van der Waals surface area contributed by atoms with Crippen molar-refractivity contribution in [2.75, 3.05) is 98.9 Å². The predicted molar refractivity (Wildman–Crippen MR) is 503 cm³/mol. The van der Waals surface area contributed by atoms with E-state index in [9.17, 15) is 47.1 Å². The molecule has 0 bridgehead atoms.